The summed E-state index contributed by atoms with van der Waals surface area (Å²) in [4.78, 5) is 12.4. The highest BCUT2D eigenvalue weighted by Gasteiger charge is 2.18. The number of aromatic nitrogens is 4. The molecule has 0 fully saturated rings. The number of amides is 1. The molecule has 1 atom stereocenters. The number of allylic oxidation sites excluding steroid dienone is 1. The van der Waals surface area contributed by atoms with Crippen LogP contribution in [0.4, 0.5) is 0 Å². The van der Waals surface area contributed by atoms with Crippen molar-refractivity contribution >= 4 is 17.7 Å². The Morgan fingerprint density at radius 1 is 1.31 bits per heavy atom. The molecule has 0 saturated heterocycles. The molecule has 1 aromatic heterocycles. The third kappa shape index (κ3) is 5.42. The van der Waals surface area contributed by atoms with Gasteiger partial charge in [0, 0.05) is 6.54 Å². The Morgan fingerprint density at radius 3 is 2.92 bits per heavy atom. The molecule has 138 valence electrons. The van der Waals surface area contributed by atoms with Crippen LogP contribution in [-0.2, 0) is 11.3 Å². The van der Waals surface area contributed by atoms with Crippen molar-refractivity contribution in [1.29, 1.82) is 0 Å². The van der Waals surface area contributed by atoms with Crippen LogP contribution in [0.2, 0.25) is 0 Å². The largest absolute Gasteiger partial charge is 0.355 e. The Labute approximate surface area is 158 Å². The lowest BCUT2D eigenvalue weighted by Gasteiger charge is -2.14. The molecular formula is C19H25N5OS. The van der Waals surface area contributed by atoms with Crippen molar-refractivity contribution in [2.75, 3.05) is 6.54 Å². The maximum absolute atomic E-state index is 12.4. The second kappa shape index (κ2) is 9.52. The molecule has 6 nitrogen and oxygen atoms in total. The summed E-state index contributed by atoms with van der Waals surface area (Å²) in [6.07, 6.45) is 8.20. The van der Waals surface area contributed by atoms with E-state index in [1.165, 1.54) is 43.0 Å². The highest BCUT2D eigenvalue weighted by molar-refractivity contribution is 8.00. The van der Waals surface area contributed by atoms with Crippen molar-refractivity contribution < 1.29 is 4.79 Å². The molecule has 26 heavy (non-hydrogen) atoms. The van der Waals surface area contributed by atoms with Crippen LogP contribution in [-0.4, -0.2) is 37.9 Å². The van der Waals surface area contributed by atoms with Gasteiger partial charge in [0.1, 0.15) is 0 Å². The van der Waals surface area contributed by atoms with Crippen molar-refractivity contribution in [1.82, 2.24) is 25.5 Å². The van der Waals surface area contributed by atoms with Crippen LogP contribution in [0, 0.1) is 0 Å². The van der Waals surface area contributed by atoms with Gasteiger partial charge in [0.2, 0.25) is 11.1 Å². The fraction of sp³-hybridized carbons (Fsp3) is 0.474. The molecule has 1 aromatic carbocycles. The molecule has 0 bridgehead atoms. The molecule has 1 N–H and O–H groups in total. The first kappa shape index (κ1) is 18.6. The Kier molecular flexibility index (Phi) is 6.82. The Balaban J connectivity index is 1.48. The van der Waals surface area contributed by atoms with E-state index >= 15 is 0 Å². The van der Waals surface area contributed by atoms with Crippen LogP contribution in [0.25, 0.3) is 0 Å². The minimum atomic E-state index is -0.240. The Morgan fingerprint density at radius 2 is 2.15 bits per heavy atom. The minimum absolute atomic E-state index is 0.0284. The van der Waals surface area contributed by atoms with E-state index in [0.29, 0.717) is 18.2 Å². The third-order valence-electron chi connectivity index (χ3n) is 4.46. The van der Waals surface area contributed by atoms with E-state index < -0.39 is 0 Å². The normalized spacial score (nSPS) is 15.3. The van der Waals surface area contributed by atoms with E-state index in [1.54, 1.807) is 4.68 Å². The molecule has 1 unspecified atom stereocenters. The Bertz CT molecular complexity index is 743. The molecule has 2 aromatic rings. The van der Waals surface area contributed by atoms with Crippen LogP contribution < -0.4 is 5.32 Å². The molecule has 3 rings (SSSR count). The van der Waals surface area contributed by atoms with Crippen molar-refractivity contribution in [2.24, 2.45) is 0 Å². The second-order valence-electron chi connectivity index (χ2n) is 6.51. The number of rotatable bonds is 8. The van der Waals surface area contributed by atoms with E-state index in [1.807, 2.05) is 37.3 Å². The molecule has 0 spiro atoms. The lowest BCUT2D eigenvalue weighted by atomic mass is 9.97. The smallest absolute Gasteiger partial charge is 0.233 e. The number of hydrogen-bond donors (Lipinski definition) is 1. The Hall–Kier alpha value is -2.15. The maximum Gasteiger partial charge on any atom is 0.233 e. The van der Waals surface area contributed by atoms with Crippen LogP contribution in [0.5, 0.6) is 0 Å². The lowest BCUT2D eigenvalue weighted by Crippen LogP contribution is -2.32. The minimum Gasteiger partial charge on any atom is -0.355 e. The molecule has 0 aliphatic heterocycles. The summed E-state index contributed by atoms with van der Waals surface area (Å²) in [7, 11) is 0. The first-order valence-electron chi connectivity index (χ1n) is 9.15. The maximum atomic E-state index is 12.4. The predicted molar refractivity (Wildman–Crippen MR) is 103 cm³/mol. The SMILES string of the molecule is CC(Sc1nnnn1Cc1ccccc1)C(=O)NCCC1=CCCCC1. The highest BCUT2D eigenvalue weighted by Crippen LogP contribution is 2.22. The van der Waals surface area contributed by atoms with Gasteiger partial charge in [-0.25, -0.2) is 4.68 Å². The summed E-state index contributed by atoms with van der Waals surface area (Å²) in [5, 5.41) is 15.3. The molecule has 0 radical (unpaired) electrons. The average molecular weight is 372 g/mol. The van der Waals surface area contributed by atoms with Gasteiger partial charge in [0.15, 0.2) is 0 Å². The number of nitrogens with zero attached hydrogens (tertiary/aromatic N) is 4. The van der Waals surface area contributed by atoms with Gasteiger partial charge in [0.25, 0.3) is 0 Å². The number of carbonyl (C=O) groups excluding carboxylic acids is 1. The summed E-state index contributed by atoms with van der Waals surface area (Å²) in [6.45, 7) is 3.19. The van der Waals surface area contributed by atoms with Gasteiger partial charge in [-0.05, 0) is 55.0 Å². The molecule has 1 heterocycles. The highest BCUT2D eigenvalue weighted by atomic mass is 32.2. The number of nitrogens with one attached hydrogen (secondary N) is 1. The van der Waals surface area contributed by atoms with Crippen molar-refractivity contribution in [3.8, 4) is 0 Å². The van der Waals surface area contributed by atoms with Crippen molar-refractivity contribution in [3.05, 3.63) is 47.5 Å². The monoisotopic (exact) mass is 371 g/mol. The number of tetrazole rings is 1. The molecule has 0 saturated carbocycles. The summed E-state index contributed by atoms with van der Waals surface area (Å²) < 4.78 is 1.73. The molecule has 1 aliphatic carbocycles. The van der Waals surface area contributed by atoms with Crippen LogP contribution in [0.3, 0.4) is 0 Å². The molecular weight excluding hydrogens is 346 g/mol. The molecule has 7 heteroatoms. The van der Waals surface area contributed by atoms with Gasteiger partial charge in [-0.1, -0.05) is 53.7 Å². The van der Waals surface area contributed by atoms with Gasteiger partial charge in [-0.3, -0.25) is 4.79 Å². The number of carbonyl (C=O) groups is 1. The van der Waals surface area contributed by atoms with Gasteiger partial charge in [-0.15, -0.1) is 5.10 Å². The zero-order valence-corrected chi connectivity index (χ0v) is 15.9. The van der Waals surface area contributed by atoms with E-state index in [4.69, 9.17) is 0 Å². The summed E-state index contributed by atoms with van der Waals surface area (Å²) in [6, 6.07) is 10.0. The summed E-state index contributed by atoms with van der Waals surface area (Å²) >= 11 is 1.39. The van der Waals surface area contributed by atoms with Gasteiger partial charge >= 0.3 is 0 Å². The van der Waals surface area contributed by atoms with E-state index in [9.17, 15) is 4.79 Å². The van der Waals surface area contributed by atoms with Gasteiger partial charge < -0.3 is 5.32 Å². The van der Waals surface area contributed by atoms with E-state index in [-0.39, 0.29) is 11.2 Å². The zero-order valence-electron chi connectivity index (χ0n) is 15.1. The number of hydrogen-bond acceptors (Lipinski definition) is 5. The topological polar surface area (TPSA) is 72.7 Å². The van der Waals surface area contributed by atoms with Crippen molar-refractivity contribution in [2.45, 2.75) is 56.0 Å². The summed E-state index contributed by atoms with van der Waals surface area (Å²) in [5.41, 5.74) is 2.60. The van der Waals surface area contributed by atoms with Crippen molar-refractivity contribution in [3.63, 3.8) is 0 Å². The second-order valence-corrected chi connectivity index (χ2v) is 7.82. The standard InChI is InChI=1S/C19H25N5OS/c1-15(18(25)20-13-12-16-8-4-2-5-9-16)26-19-21-22-23-24(19)14-17-10-6-3-7-11-17/h3,6-8,10-11,15H,2,4-5,9,12-14H2,1H3,(H,20,25). The molecule has 1 aliphatic rings. The van der Waals surface area contributed by atoms with E-state index in [0.717, 1.165) is 12.0 Å². The van der Waals surface area contributed by atoms with Gasteiger partial charge in [-0.2, -0.15) is 0 Å². The van der Waals surface area contributed by atoms with E-state index in [2.05, 4.69) is 26.9 Å². The average Bonchev–Trinajstić information content (AvgIpc) is 3.10. The zero-order chi connectivity index (χ0) is 18.2. The first-order chi connectivity index (χ1) is 12.7. The quantitative estimate of drug-likeness (QED) is 0.570. The van der Waals surface area contributed by atoms with Crippen LogP contribution in [0.1, 0.15) is 44.6 Å². The van der Waals surface area contributed by atoms with Crippen LogP contribution in [0.15, 0.2) is 47.1 Å². The fourth-order valence-electron chi connectivity index (χ4n) is 2.97. The van der Waals surface area contributed by atoms with Gasteiger partial charge in [0.05, 0.1) is 11.8 Å². The number of thioether (sulfide) groups is 1. The molecule has 1 amide bonds. The third-order valence-corrected chi connectivity index (χ3v) is 5.53. The lowest BCUT2D eigenvalue weighted by molar-refractivity contribution is -0.120. The fourth-order valence-corrected chi connectivity index (χ4v) is 3.78. The predicted octanol–water partition coefficient (Wildman–Crippen LogP) is 3.21. The summed E-state index contributed by atoms with van der Waals surface area (Å²) in [5.74, 6) is 0.0284. The number of benzene rings is 1. The first-order valence-corrected chi connectivity index (χ1v) is 10.0. The van der Waals surface area contributed by atoms with Crippen LogP contribution >= 0.6 is 11.8 Å².